The van der Waals surface area contributed by atoms with Crippen molar-refractivity contribution in [3.8, 4) is 0 Å². The molecule has 2 aliphatic rings. The van der Waals surface area contributed by atoms with Crippen molar-refractivity contribution in [3.63, 3.8) is 0 Å². The topological polar surface area (TPSA) is 44.8 Å². The van der Waals surface area contributed by atoms with Crippen LogP contribution < -0.4 is 0 Å². The fraction of sp³-hybridized carbons (Fsp3) is 0.909. The molecule has 4 nitrogen and oxygen atoms in total. The summed E-state index contributed by atoms with van der Waals surface area (Å²) in [4.78, 5) is 11.6. The van der Waals surface area contributed by atoms with E-state index in [1.165, 1.54) is 0 Å². The van der Waals surface area contributed by atoms with Crippen LogP contribution in [0.3, 0.4) is 0 Å². The van der Waals surface area contributed by atoms with E-state index in [1.54, 1.807) is 0 Å². The first kappa shape index (κ1) is 10.9. The van der Waals surface area contributed by atoms with Crippen molar-refractivity contribution in [3.05, 3.63) is 0 Å². The largest absolute Gasteiger partial charge is 0.434 e. The summed E-state index contributed by atoms with van der Waals surface area (Å²) in [6.07, 6.45) is 5.14. The van der Waals surface area contributed by atoms with E-state index in [-0.39, 0.29) is 18.4 Å². The Bertz CT molecular complexity index is 205. The third-order valence-electron chi connectivity index (χ3n) is 2.83. The van der Waals surface area contributed by atoms with Gasteiger partial charge in [0.15, 0.2) is 6.10 Å². The number of carbonyl (C=O) groups is 1. The molecule has 2 unspecified atom stereocenters. The zero-order valence-electron chi connectivity index (χ0n) is 8.94. The van der Waals surface area contributed by atoms with Crippen LogP contribution >= 0.6 is 0 Å². The Morgan fingerprint density at radius 2 is 1.73 bits per heavy atom. The highest BCUT2D eigenvalue weighted by atomic mass is 16.7. The number of hydrogen-bond acceptors (Lipinski definition) is 4. The highest BCUT2D eigenvalue weighted by Crippen LogP contribution is 2.18. The molecule has 2 rings (SSSR count). The van der Waals surface area contributed by atoms with Crippen molar-refractivity contribution >= 4 is 5.97 Å². The molecule has 15 heavy (non-hydrogen) atoms. The Morgan fingerprint density at radius 3 is 2.33 bits per heavy atom. The summed E-state index contributed by atoms with van der Waals surface area (Å²) in [5.74, 6) is -0.249. The van der Waals surface area contributed by atoms with Gasteiger partial charge in [0.25, 0.3) is 0 Å². The average Bonchev–Trinajstić information content (AvgIpc) is 2.31. The van der Waals surface area contributed by atoms with Gasteiger partial charge in [-0.05, 0) is 32.1 Å². The van der Waals surface area contributed by atoms with E-state index in [2.05, 4.69) is 0 Å². The SMILES string of the molecule is O=C(OC1CCCCO1)C1CCCCO1. The summed E-state index contributed by atoms with van der Waals surface area (Å²) in [5, 5.41) is 0. The molecule has 0 amide bonds. The maximum absolute atomic E-state index is 11.6. The van der Waals surface area contributed by atoms with Crippen molar-refractivity contribution in [1.29, 1.82) is 0 Å². The molecule has 2 fully saturated rings. The summed E-state index contributed by atoms with van der Waals surface area (Å²) >= 11 is 0. The van der Waals surface area contributed by atoms with E-state index >= 15 is 0 Å². The molecule has 2 heterocycles. The highest BCUT2D eigenvalue weighted by Gasteiger charge is 2.27. The first-order valence-electron chi connectivity index (χ1n) is 5.80. The lowest BCUT2D eigenvalue weighted by Gasteiger charge is -2.26. The molecule has 0 aromatic carbocycles. The van der Waals surface area contributed by atoms with Gasteiger partial charge < -0.3 is 14.2 Å². The van der Waals surface area contributed by atoms with Crippen LogP contribution in [0.4, 0.5) is 0 Å². The van der Waals surface area contributed by atoms with Crippen LogP contribution in [0.15, 0.2) is 0 Å². The van der Waals surface area contributed by atoms with Crippen molar-refractivity contribution in [1.82, 2.24) is 0 Å². The molecular weight excluding hydrogens is 196 g/mol. The van der Waals surface area contributed by atoms with Crippen molar-refractivity contribution in [2.24, 2.45) is 0 Å². The average molecular weight is 214 g/mol. The normalized spacial score (nSPS) is 32.3. The predicted molar refractivity (Wildman–Crippen MR) is 53.3 cm³/mol. The summed E-state index contributed by atoms with van der Waals surface area (Å²) in [5.41, 5.74) is 0. The third-order valence-corrected chi connectivity index (χ3v) is 2.83. The second-order valence-electron chi connectivity index (χ2n) is 4.09. The molecule has 0 spiro atoms. The van der Waals surface area contributed by atoms with E-state index in [4.69, 9.17) is 14.2 Å². The fourth-order valence-electron chi connectivity index (χ4n) is 1.94. The lowest BCUT2D eigenvalue weighted by Crippen LogP contribution is -2.34. The lowest BCUT2D eigenvalue weighted by atomic mass is 10.1. The van der Waals surface area contributed by atoms with Crippen molar-refractivity contribution in [2.45, 2.75) is 50.9 Å². The molecule has 0 radical (unpaired) electrons. The molecule has 4 heteroatoms. The summed E-state index contributed by atoms with van der Waals surface area (Å²) in [6.45, 7) is 1.37. The van der Waals surface area contributed by atoms with Gasteiger partial charge in [-0.1, -0.05) is 0 Å². The number of hydrogen-bond donors (Lipinski definition) is 0. The van der Waals surface area contributed by atoms with Gasteiger partial charge in [-0.25, -0.2) is 4.79 Å². The third kappa shape index (κ3) is 3.18. The molecule has 2 aliphatic heterocycles. The van der Waals surface area contributed by atoms with Crippen LogP contribution in [0.5, 0.6) is 0 Å². The molecular formula is C11H18O4. The Balaban J connectivity index is 1.74. The predicted octanol–water partition coefficient (Wildman–Crippen LogP) is 1.63. The maximum atomic E-state index is 11.6. The minimum atomic E-state index is -0.357. The van der Waals surface area contributed by atoms with Gasteiger partial charge in [-0.3, -0.25) is 0 Å². The van der Waals surface area contributed by atoms with Gasteiger partial charge in [-0.15, -0.1) is 0 Å². The Hall–Kier alpha value is -0.610. The number of carbonyl (C=O) groups excluding carboxylic acids is 1. The quantitative estimate of drug-likeness (QED) is 0.655. The molecule has 2 saturated heterocycles. The van der Waals surface area contributed by atoms with E-state index in [0.717, 1.165) is 38.5 Å². The second-order valence-corrected chi connectivity index (χ2v) is 4.09. The molecule has 0 aromatic heterocycles. The smallest absolute Gasteiger partial charge is 0.337 e. The van der Waals surface area contributed by atoms with Crippen LogP contribution in [0.1, 0.15) is 38.5 Å². The van der Waals surface area contributed by atoms with Crippen LogP contribution in [0, 0.1) is 0 Å². The maximum Gasteiger partial charge on any atom is 0.337 e. The first-order chi connectivity index (χ1) is 7.36. The van der Waals surface area contributed by atoms with Crippen LogP contribution in [-0.4, -0.2) is 31.6 Å². The molecule has 0 aromatic rings. The molecule has 0 bridgehead atoms. The number of rotatable bonds is 2. The molecule has 0 aliphatic carbocycles. The molecule has 86 valence electrons. The second kappa shape index (κ2) is 5.47. The Labute approximate surface area is 89.9 Å². The molecule has 2 atom stereocenters. The number of ether oxygens (including phenoxy) is 3. The highest BCUT2D eigenvalue weighted by molar-refractivity contribution is 5.74. The van der Waals surface area contributed by atoms with E-state index < -0.39 is 0 Å². The van der Waals surface area contributed by atoms with Gasteiger partial charge in [0.1, 0.15) is 0 Å². The van der Waals surface area contributed by atoms with Crippen molar-refractivity contribution in [2.75, 3.05) is 13.2 Å². The van der Waals surface area contributed by atoms with Gasteiger partial charge in [-0.2, -0.15) is 0 Å². The summed E-state index contributed by atoms with van der Waals surface area (Å²) < 4.78 is 15.9. The van der Waals surface area contributed by atoms with E-state index in [1.807, 2.05) is 0 Å². The van der Waals surface area contributed by atoms with Gasteiger partial charge in [0.2, 0.25) is 6.29 Å². The van der Waals surface area contributed by atoms with Crippen LogP contribution in [-0.2, 0) is 19.0 Å². The van der Waals surface area contributed by atoms with Gasteiger partial charge in [0, 0.05) is 13.0 Å². The molecule has 0 N–H and O–H groups in total. The van der Waals surface area contributed by atoms with E-state index in [9.17, 15) is 4.79 Å². The summed E-state index contributed by atoms with van der Waals surface area (Å²) in [7, 11) is 0. The Kier molecular flexibility index (Phi) is 3.97. The zero-order chi connectivity index (χ0) is 10.5. The van der Waals surface area contributed by atoms with E-state index in [0.29, 0.717) is 13.2 Å². The van der Waals surface area contributed by atoms with Crippen molar-refractivity contribution < 1.29 is 19.0 Å². The summed E-state index contributed by atoms with van der Waals surface area (Å²) in [6, 6.07) is 0. The minimum Gasteiger partial charge on any atom is -0.434 e. The van der Waals surface area contributed by atoms with Gasteiger partial charge in [0.05, 0.1) is 6.61 Å². The number of esters is 1. The Morgan fingerprint density at radius 1 is 1.00 bits per heavy atom. The fourth-order valence-corrected chi connectivity index (χ4v) is 1.94. The van der Waals surface area contributed by atoms with Crippen LogP contribution in [0.25, 0.3) is 0 Å². The lowest BCUT2D eigenvalue weighted by molar-refractivity contribution is -0.199. The molecule has 0 saturated carbocycles. The zero-order valence-corrected chi connectivity index (χ0v) is 8.94. The van der Waals surface area contributed by atoms with Gasteiger partial charge >= 0.3 is 5.97 Å². The standard InChI is InChI=1S/C11H18O4/c12-11(9-5-1-3-7-13-9)15-10-6-2-4-8-14-10/h9-10H,1-8H2. The first-order valence-corrected chi connectivity index (χ1v) is 5.80. The minimum absolute atomic E-state index is 0.249. The van der Waals surface area contributed by atoms with Crippen LogP contribution in [0.2, 0.25) is 0 Å². The monoisotopic (exact) mass is 214 g/mol.